The Morgan fingerprint density at radius 1 is 1.37 bits per heavy atom. The maximum absolute atomic E-state index is 11.8. The van der Waals surface area contributed by atoms with Gasteiger partial charge in [0.05, 0.1) is 5.75 Å². The van der Waals surface area contributed by atoms with E-state index in [9.17, 15) is 18.0 Å². The van der Waals surface area contributed by atoms with Crippen molar-refractivity contribution in [2.75, 3.05) is 31.6 Å². The van der Waals surface area contributed by atoms with Crippen LogP contribution in [0.5, 0.6) is 0 Å². The number of hydrogen-bond donors (Lipinski definition) is 2. The molecule has 2 N–H and O–H groups in total. The van der Waals surface area contributed by atoms with Crippen LogP contribution in [0.4, 0.5) is 4.79 Å². The van der Waals surface area contributed by atoms with Gasteiger partial charge in [-0.1, -0.05) is 0 Å². The van der Waals surface area contributed by atoms with Crippen LogP contribution in [0.2, 0.25) is 0 Å². The lowest BCUT2D eigenvalue weighted by Gasteiger charge is -2.20. The summed E-state index contributed by atoms with van der Waals surface area (Å²) in [6, 6.07) is -0.442. The summed E-state index contributed by atoms with van der Waals surface area (Å²) in [6.45, 7) is 0.352. The molecule has 0 aromatic heterocycles. The van der Waals surface area contributed by atoms with Gasteiger partial charge in [-0.3, -0.25) is 4.79 Å². The van der Waals surface area contributed by atoms with E-state index >= 15 is 0 Å². The fourth-order valence-electron chi connectivity index (χ4n) is 1.64. The first kappa shape index (κ1) is 15.7. The third kappa shape index (κ3) is 7.66. The Morgan fingerprint density at radius 3 is 2.47 bits per heavy atom. The molecule has 1 rings (SSSR count). The minimum Gasteiger partial charge on any atom is -0.480 e. The number of nitrogens with one attached hydrogen (secondary N) is 1. The van der Waals surface area contributed by atoms with Crippen LogP contribution in [-0.4, -0.2) is 62.1 Å². The molecule has 2 amide bonds. The minimum atomic E-state index is -3.03. The van der Waals surface area contributed by atoms with Crippen molar-refractivity contribution in [1.82, 2.24) is 10.2 Å². The van der Waals surface area contributed by atoms with Crippen LogP contribution in [0.15, 0.2) is 0 Å². The number of carbonyl (C=O) groups excluding carboxylic acids is 1. The molecular weight excluding hydrogens is 272 g/mol. The second kappa shape index (κ2) is 6.74. The zero-order chi connectivity index (χ0) is 14.5. The van der Waals surface area contributed by atoms with Crippen LogP contribution in [0.1, 0.15) is 19.3 Å². The van der Waals surface area contributed by atoms with Gasteiger partial charge in [-0.15, -0.1) is 0 Å². The van der Waals surface area contributed by atoms with Gasteiger partial charge in [-0.05, 0) is 25.2 Å². The highest BCUT2D eigenvalue weighted by Crippen LogP contribution is 2.29. The van der Waals surface area contributed by atoms with Crippen molar-refractivity contribution in [3.05, 3.63) is 0 Å². The number of urea groups is 1. The highest BCUT2D eigenvalue weighted by Gasteiger charge is 2.27. The van der Waals surface area contributed by atoms with Crippen molar-refractivity contribution in [3.63, 3.8) is 0 Å². The van der Waals surface area contributed by atoms with Gasteiger partial charge in [0, 0.05) is 19.3 Å². The Balaban J connectivity index is 2.32. The predicted molar refractivity (Wildman–Crippen MR) is 69.7 cm³/mol. The summed E-state index contributed by atoms with van der Waals surface area (Å²) in [5, 5.41) is 11.3. The van der Waals surface area contributed by atoms with Crippen molar-refractivity contribution in [3.8, 4) is 0 Å². The summed E-state index contributed by atoms with van der Waals surface area (Å²) in [5.74, 6) is -0.637. The Labute approximate surface area is 112 Å². The second-order valence-electron chi connectivity index (χ2n) is 4.93. The number of rotatable bonds is 8. The number of carboxylic acids is 1. The average Bonchev–Trinajstić information content (AvgIpc) is 3.05. The number of aliphatic carboxylic acids is 1. The molecule has 8 heteroatoms. The summed E-state index contributed by atoms with van der Waals surface area (Å²) in [7, 11) is -3.03. The second-order valence-corrected chi connectivity index (χ2v) is 7.19. The Morgan fingerprint density at radius 2 is 2.00 bits per heavy atom. The standard InChI is InChI=1S/C11H20N2O5S/c1-19(17,18)6-2-5-12-11(16)13(8-10(14)15)7-9-3-4-9/h9H,2-8H2,1H3,(H,12,16)(H,14,15). The van der Waals surface area contributed by atoms with Gasteiger partial charge in [0.2, 0.25) is 0 Å². The zero-order valence-electron chi connectivity index (χ0n) is 11.0. The van der Waals surface area contributed by atoms with E-state index in [1.807, 2.05) is 0 Å². The van der Waals surface area contributed by atoms with Crippen LogP contribution in [0.25, 0.3) is 0 Å². The largest absolute Gasteiger partial charge is 0.480 e. The number of hydrogen-bond acceptors (Lipinski definition) is 4. The minimum absolute atomic E-state index is 0.00877. The molecule has 0 heterocycles. The molecule has 1 aliphatic rings. The predicted octanol–water partition coefficient (Wildman–Crippen LogP) is -0.0727. The number of sulfone groups is 1. The maximum Gasteiger partial charge on any atom is 0.323 e. The molecule has 19 heavy (non-hydrogen) atoms. The van der Waals surface area contributed by atoms with E-state index in [0.717, 1.165) is 19.1 Å². The molecule has 0 spiro atoms. The molecule has 0 saturated heterocycles. The molecule has 0 atom stereocenters. The molecule has 1 aliphatic carbocycles. The fraction of sp³-hybridized carbons (Fsp3) is 0.818. The number of nitrogens with zero attached hydrogens (tertiary/aromatic N) is 1. The van der Waals surface area contributed by atoms with E-state index in [4.69, 9.17) is 5.11 Å². The van der Waals surface area contributed by atoms with Crippen molar-refractivity contribution in [2.24, 2.45) is 5.92 Å². The molecule has 0 radical (unpaired) electrons. The molecule has 0 aromatic carbocycles. The first-order chi connectivity index (χ1) is 8.78. The van der Waals surface area contributed by atoms with Gasteiger partial charge in [0.1, 0.15) is 16.4 Å². The first-order valence-corrected chi connectivity index (χ1v) is 8.26. The van der Waals surface area contributed by atoms with Gasteiger partial charge >= 0.3 is 12.0 Å². The normalized spacial score (nSPS) is 15.0. The van der Waals surface area contributed by atoms with Crippen LogP contribution >= 0.6 is 0 Å². The molecule has 0 aliphatic heterocycles. The lowest BCUT2D eigenvalue weighted by atomic mass is 10.3. The van der Waals surface area contributed by atoms with E-state index in [-0.39, 0.29) is 18.8 Å². The molecular formula is C11H20N2O5S. The molecule has 0 unspecified atom stereocenters. The maximum atomic E-state index is 11.8. The van der Waals surface area contributed by atoms with Crippen molar-refractivity contribution >= 4 is 21.8 Å². The van der Waals surface area contributed by atoms with E-state index in [1.165, 1.54) is 4.90 Å². The monoisotopic (exact) mass is 292 g/mol. The van der Waals surface area contributed by atoms with Gasteiger partial charge in [-0.2, -0.15) is 0 Å². The summed E-state index contributed by atoms with van der Waals surface area (Å²) >= 11 is 0. The van der Waals surface area contributed by atoms with Crippen LogP contribution in [-0.2, 0) is 14.6 Å². The topological polar surface area (TPSA) is 104 Å². The van der Waals surface area contributed by atoms with Gasteiger partial charge in [0.25, 0.3) is 0 Å². The number of carboxylic acid groups (broad SMARTS) is 1. The average molecular weight is 292 g/mol. The lowest BCUT2D eigenvalue weighted by Crippen LogP contribution is -2.44. The van der Waals surface area contributed by atoms with E-state index in [1.54, 1.807) is 0 Å². The number of amides is 2. The third-order valence-corrected chi connectivity index (χ3v) is 3.79. The molecule has 110 valence electrons. The Bertz CT molecular complexity index is 430. The van der Waals surface area contributed by atoms with E-state index in [0.29, 0.717) is 18.9 Å². The highest BCUT2D eigenvalue weighted by molar-refractivity contribution is 7.90. The lowest BCUT2D eigenvalue weighted by molar-refractivity contribution is -0.137. The molecule has 0 aromatic rings. The van der Waals surface area contributed by atoms with Gasteiger partial charge in [-0.25, -0.2) is 13.2 Å². The van der Waals surface area contributed by atoms with Crippen molar-refractivity contribution in [2.45, 2.75) is 19.3 Å². The first-order valence-electron chi connectivity index (χ1n) is 6.20. The SMILES string of the molecule is CS(=O)(=O)CCCNC(=O)N(CC(=O)O)CC1CC1. The summed E-state index contributed by atoms with van der Waals surface area (Å²) in [6.07, 6.45) is 3.52. The quantitative estimate of drug-likeness (QED) is 0.609. The molecule has 7 nitrogen and oxygen atoms in total. The molecule has 1 saturated carbocycles. The third-order valence-electron chi connectivity index (χ3n) is 2.76. The molecule has 0 bridgehead atoms. The van der Waals surface area contributed by atoms with E-state index < -0.39 is 21.8 Å². The smallest absolute Gasteiger partial charge is 0.323 e. The molecule has 1 fully saturated rings. The van der Waals surface area contributed by atoms with E-state index in [2.05, 4.69) is 5.32 Å². The summed E-state index contributed by atoms with van der Waals surface area (Å²) in [4.78, 5) is 23.7. The van der Waals surface area contributed by atoms with Crippen molar-refractivity contribution in [1.29, 1.82) is 0 Å². The van der Waals surface area contributed by atoms with Crippen LogP contribution in [0, 0.1) is 5.92 Å². The fourth-order valence-corrected chi connectivity index (χ4v) is 2.30. The highest BCUT2D eigenvalue weighted by atomic mass is 32.2. The zero-order valence-corrected chi connectivity index (χ0v) is 11.8. The van der Waals surface area contributed by atoms with Gasteiger partial charge in [0.15, 0.2) is 0 Å². The Hall–Kier alpha value is -1.31. The summed E-state index contributed by atoms with van der Waals surface area (Å²) in [5.41, 5.74) is 0. The number of carbonyl (C=O) groups is 2. The Kier molecular flexibility index (Phi) is 5.59. The van der Waals surface area contributed by atoms with Crippen molar-refractivity contribution < 1.29 is 23.1 Å². The van der Waals surface area contributed by atoms with Crippen LogP contribution in [0.3, 0.4) is 0 Å². The van der Waals surface area contributed by atoms with Gasteiger partial charge < -0.3 is 15.3 Å². The summed E-state index contributed by atoms with van der Waals surface area (Å²) < 4.78 is 21.8. The van der Waals surface area contributed by atoms with Crippen LogP contribution < -0.4 is 5.32 Å².